The lowest BCUT2D eigenvalue weighted by Crippen LogP contribution is -2.49. The maximum absolute atomic E-state index is 10.1. The molecule has 2 fully saturated rings. The lowest BCUT2D eigenvalue weighted by molar-refractivity contribution is -0.0756. The van der Waals surface area contributed by atoms with Crippen molar-refractivity contribution in [2.75, 3.05) is 13.7 Å². The summed E-state index contributed by atoms with van der Waals surface area (Å²) in [5.41, 5.74) is 2.68. The van der Waals surface area contributed by atoms with E-state index in [1.165, 1.54) is 12.0 Å². The highest BCUT2D eigenvalue weighted by Crippen LogP contribution is 2.56. The van der Waals surface area contributed by atoms with Crippen LogP contribution in [0.1, 0.15) is 46.5 Å². The van der Waals surface area contributed by atoms with Gasteiger partial charge >= 0.3 is 0 Å². The van der Waals surface area contributed by atoms with Crippen molar-refractivity contribution < 1.29 is 14.6 Å². The predicted molar refractivity (Wildman–Crippen MR) is 96.5 cm³/mol. The van der Waals surface area contributed by atoms with E-state index in [1.807, 2.05) is 7.11 Å². The minimum Gasteiger partial charge on any atom is -0.491 e. The lowest BCUT2D eigenvalue weighted by atomic mass is 9.52. The summed E-state index contributed by atoms with van der Waals surface area (Å²) in [5.74, 6) is 2.41. The Kier molecular flexibility index (Phi) is 4.94. The molecule has 3 rings (SSSR count). The number of hydrogen-bond donors (Lipinski definition) is 1. The van der Waals surface area contributed by atoms with Gasteiger partial charge in [-0.2, -0.15) is 0 Å². The molecule has 3 heteroatoms. The zero-order valence-electron chi connectivity index (χ0n) is 15.5. The lowest BCUT2D eigenvalue weighted by Gasteiger charge is -2.54. The van der Waals surface area contributed by atoms with Gasteiger partial charge in [0, 0.05) is 12.7 Å². The molecule has 1 unspecified atom stereocenters. The molecule has 6 atom stereocenters. The summed E-state index contributed by atoms with van der Waals surface area (Å²) >= 11 is 0. The van der Waals surface area contributed by atoms with Gasteiger partial charge in [-0.25, -0.2) is 0 Å². The van der Waals surface area contributed by atoms with Crippen LogP contribution in [0.4, 0.5) is 0 Å². The number of aliphatic hydroxyl groups is 1. The van der Waals surface area contributed by atoms with Gasteiger partial charge in [0.15, 0.2) is 0 Å². The van der Waals surface area contributed by atoms with Crippen molar-refractivity contribution in [3.05, 3.63) is 35.6 Å². The van der Waals surface area contributed by atoms with E-state index in [1.54, 1.807) is 0 Å². The van der Waals surface area contributed by atoms with Crippen LogP contribution in [0.3, 0.4) is 0 Å². The summed E-state index contributed by atoms with van der Waals surface area (Å²) in [6.45, 7) is 11.4. The van der Waals surface area contributed by atoms with Crippen LogP contribution >= 0.6 is 0 Å². The molecule has 0 aromatic carbocycles. The molecule has 0 aromatic rings. The molecule has 3 aliphatic rings. The third-order valence-electron chi connectivity index (χ3n) is 7.05. The normalized spacial score (nSPS) is 44.2. The Balaban J connectivity index is 1.84. The maximum Gasteiger partial charge on any atom is 0.118 e. The molecular weight excluding hydrogens is 300 g/mol. The largest absolute Gasteiger partial charge is 0.491 e. The quantitative estimate of drug-likeness (QED) is 0.786. The Morgan fingerprint density at radius 1 is 1.50 bits per heavy atom. The molecule has 0 amide bonds. The van der Waals surface area contributed by atoms with Crippen LogP contribution in [-0.2, 0) is 9.47 Å². The second-order valence-electron chi connectivity index (χ2n) is 8.17. The molecule has 1 aliphatic heterocycles. The van der Waals surface area contributed by atoms with Crippen molar-refractivity contribution in [1.82, 2.24) is 0 Å². The Bertz CT molecular complexity index is 561. The topological polar surface area (TPSA) is 38.7 Å². The Morgan fingerprint density at radius 3 is 2.88 bits per heavy atom. The Labute approximate surface area is 146 Å². The molecule has 0 aromatic heterocycles. The summed E-state index contributed by atoms with van der Waals surface area (Å²) in [6, 6.07) is 0. The van der Waals surface area contributed by atoms with E-state index < -0.39 is 6.10 Å². The van der Waals surface area contributed by atoms with E-state index in [9.17, 15) is 5.11 Å². The summed E-state index contributed by atoms with van der Waals surface area (Å²) in [4.78, 5) is 0. The first-order valence-corrected chi connectivity index (χ1v) is 9.28. The first kappa shape index (κ1) is 17.8. The highest BCUT2D eigenvalue weighted by Gasteiger charge is 2.50. The summed E-state index contributed by atoms with van der Waals surface area (Å²) in [5, 5.41) is 10.1. The van der Waals surface area contributed by atoms with Gasteiger partial charge in [-0.15, -0.1) is 0 Å². The van der Waals surface area contributed by atoms with Crippen molar-refractivity contribution in [1.29, 1.82) is 0 Å². The van der Waals surface area contributed by atoms with Crippen LogP contribution in [0.15, 0.2) is 35.6 Å². The molecule has 134 valence electrons. The van der Waals surface area contributed by atoms with Gasteiger partial charge in [0.2, 0.25) is 0 Å². The molecule has 2 aliphatic carbocycles. The third kappa shape index (κ3) is 2.86. The zero-order valence-corrected chi connectivity index (χ0v) is 15.5. The monoisotopic (exact) mass is 332 g/mol. The number of allylic oxidation sites excluding steroid dienone is 3. The van der Waals surface area contributed by atoms with Crippen molar-refractivity contribution in [3.8, 4) is 0 Å². The van der Waals surface area contributed by atoms with E-state index in [-0.39, 0.29) is 0 Å². The molecule has 24 heavy (non-hydrogen) atoms. The fourth-order valence-electron chi connectivity index (χ4n) is 5.47. The second kappa shape index (κ2) is 6.68. The highest BCUT2D eigenvalue weighted by molar-refractivity contribution is 5.32. The van der Waals surface area contributed by atoms with Crippen LogP contribution in [0.2, 0.25) is 0 Å². The minimum atomic E-state index is -0.517. The van der Waals surface area contributed by atoms with E-state index in [0.717, 1.165) is 24.8 Å². The Hall–Kier alpha value is -1.06. The van der Waals surface area contributed by atoms with Crippen molar-refractivity contribution in [3.63, 3.8) is 0 Å². The smallest absolute Gasteiger partial charge is 0.118 e. The third-order valence-corrected chi connectivity index (χ3v) is 7.05. The van der Waals surface area contributed by atoms with Crippen LogP contribution in [-0.4, -0.2) is 31.0 Å². The number of aliphatic hydroxyl groups excluding tert-OH is 1. The molecule has 1 heterocycles. The van der Waals surface area contributed by atoms with Gasteiger partial charge < -0.3 is 14.6 Å². The summed E-state index contributed by atoms with van der Waals surface area (Å²) in [7, 11) is 1.85. The van der Waals surface area contributed by atoms with Crippen LogP contribution in [0, 0.1) is 23.2 Å². The van der Waals surface area contributed by atoms with Crippen molar-refractivity contribution >= 4 is 0 Å². The van der Waals surface area contributed by atoms with E-state index in [2.05, 4.69) is 39.5 Å². The second-order valence-corrected chi connectivity index (χ2v) is 8.17. The minimum absolute atomic E-state index is 0.302. The molecule has 0 spiro atoms. The SMILES string of the molecule is C=C1OC[C@@H](O)/C1=C\C[C@@H]1C(C)=CC[C@@H]2[C@@H](C)C(OC)CC[C@@]12C. The highest BCUT2D eigenvalue weighted by atomic mass is 16.5. The fraction of sp³-hybridized carbons (Fsp3) is 0.714. The van der Waals surface area contributed by atoms with Crippen molar-refractivity contribution in [2.24, 2.45) is 23.2 Å². The number of ether oxygens (including phenoxy) is 2. The van der Waals surface area contributed by atoms with E-state index in [4.69, 9.17) is 9.47 Å². The summed E-state index contributed by atoms with van der Waals surface area (Å²) < 4.78 is 11.1. The molecular formula is C21H32O3. The van der Waals surface area contributed by atoms with Gasteiger partial charge in [-0.3, -0.25) is 0 Å². The van der Waals surface area contributed by atoms with Gasteiger partial charge in [0.1, 0.15) is 18.5 Å². The van der Waals surface area contributed by atoms with Crippen LogP contribution in [0.25, 0.3) is 0 Å². The van der Waals surface area contributed by atoms with Gasteiger partial charge in [0.05, 0.1) is 6.10 Å². The average Bonchev–Trinajstić information content (AvgIpc) is 2.86. The van der Waals surface area contributed by atoms with Crippen LogP contribution < -0.4 is 0 Å². The van der Waals surface area contributed by atoms with E-state index >= 15 is 0 Å². The van der Waals surface area contributed by atoms with E-state index in [0.29, 0.717) is 41.6 Å². The van der Waals surface area contributed by atoms with Gasteiger partial charge in [0.25, 0.3) is 0 Å². The average molecular weight is 332 g/mol. The van der Waals surface area contributed by atoms with Gasteiger partial charge in [-0.05, 0) is 55.8 Å². The first-order chi connectivity index (χ1) is 11.4. The Morgan fingerprint density at radius 2 is 2.25 bits per heavy atom. The predicted octanol–water partition coefficient (Wildman–Crippen LogP) is 4.24. The number of rotatable bonds is 3. The zero-order chi connectivity index (χ0) is 17.5. The molecule has 3 nitrogen and oxygen atoms in total. The standard InChI is InChI=1S/C21H32O3/c1-13-6-8-18-14(2)20(23-5)10-11-21(18,4)17(13)9-7-16-15(3)24-12-19(16)22/h6-7,14,17-20,22H,3,8-12H2,1-2,4-5H3/b16-7-/t14-,17-,18-,19-,20?,21+/m1/s1. The van der Waals surface area contributed by atoms with Gasteiger partial charge in [-0.1, -0.05) is 38.2 Å². The summed E-state index contributed by atoms with van der Waals surface area (Å²) in [6.07, 6.45) is 8.94. The molecule has 0 bridgehead atoms. The fourth-order valence-corrected chi connectivity index (χ4v) is 5.47. The molecule has 0 radical (unpaired) electrons. The molecule has 1 saturated heterocycles. The number of methoxy groups -OCH3 is 1. The maximum atomic E-state index is 10.1. The first-order valence-electron chi connectivity index (χ1n) is 9.28. The number of fused-ring (bicyclic) bond motifs is 1. The molecule has 1 saturated carbocycles. The van der Waals surface area contributed by atoms with Crippen molar-refractivity contribution in [2.45, 2.75) is 58.7 Å². The number of hydrogen-bond acceptors (Lipinski definition) is 3. The van der Waals surface area contributed by atoms with Crippen LogP contribution in [0.5, 0.6) is 0 Å². The molecule has 1 N–H and O–H groups in total.